The second kappa shape index (κ2) is 13.9. The fourth-order valence-corrected chi connectivity index (χ4v) is 5.66. The van der Waals surface area contributed by atoms with E-state index < -0.39 is 28.5 Å². The van der Waals surface area contributed by atoms with E-state index in [0.29, 0.717) is 18.7 Å². The summed E-state index contributed by atoms with van der Waals surface area (Å²) >= 11 is 0. The molecular weight excluding hydrogens is 510 g/mol. The fraction of sp³-hybridized carbons (Fsp3) is 0.355. The summed E-state index contributed by atoms with van der Waals surface area (Å²) in [6, 6.07) is 22.4. The van der Waals surface area contributed by atoms with Gasteiger partial charge in [0.1, 0.15) is 12.6 Å². The van der Waals surface area contributed by atoms with Crippen molar-refractivity contribution in [3.63, 3.8) is 0 Å². The van der Waals surface area contributed by atoms with E-state index in [1.807, 2.05) is 57.2 Å². The molecule has 3 aromatic rings. The molecule has 0 aliphatic rings. The van der Waals surface area contributed by atoms with Crippen LogP contribution >= 0.6 is 0 Å². The molecule has 0 bridgehead atoms. The van der Waals surface area contributed by atoms with E-state index in [0.717, 1.165) is 33.8 Å². The van der Waals surface area contributed by atoms with E-state index in [-0.39, 0.29) is 17.3 Å². The van der Waals surface area contributed by atoms with Crippen LogP contribution in [0.3, 0.4) is 0 Å². The van der Waals surface area contributed by atoms with Crippen LogP contribution in [0.1, 0.15) is 43.4 Å². The van der Waals surface area contributed by atoms with Crippen molar-refractivity contribution in [2.45, 2.75) is 57.9 Å². The second-order valence-corrected chi connectivity index (χ2v) is 11.6. The van der Waals surface area contributed by atoms with Crippen molar-refractivity contribution in [2.24, 2.45) is 0 Å². The van der Waals surface area contributed by atoms with E-state index in [2.05, 4.69) is 5.32 Å². The maximum absolute atomic E-state index is 13.9. The number of hydrogen-bond acceptors (Lipinski definition) is 4. The standard InChI is InChI=1S/C31H39N3O4S/c1-5-6-20-32-31(36)26(4)33(21-19-27-13-9-7-10-14-27)30(35)23-34(28-18-17-24(2)25(3)22-28)39(37,38)29-15-11-8-12-16-29/h7-18,22,26H,5-6,19-21,23H2,1-4H3,(H,32,36)/t26-/m0/s1. The van der Waals surface area contributed by atoms with Crippen LogP contribution in [0.25, 0.3) is 0 Å². The molecule has 2 amide bonds. The Kier molecular flexibility index (Phi) is 10.7. The molecule has 7 nitrogen and oxygen atoms in total. The Labute approximate surface area is 232 Å². The zero-order valence-corrected chi connectivity index (χ0v) is 24.1. The van der Waals surface area contributed by atoms with Gasteiger partial charge in [-0.15, -0.1) is 0 Å². The quantitative estimate of drug-likeness (QED) is 0.308. The molecule has 39 heavy (non-hydrogen) atoms. The van der Waals surface area contributed by atoms with Crippen LogP contribution in [-0.2, 0) is 26.0 Å². The van der Waals surface area contributed by atoms with Crippen molar-refractivity contribution >= 4 is 27.5 Å². The molecule has 8 heteroatoms. The molecule has 3 aromatic carbocycles. The predicted molar refractivity (Wildman–Crippen MR) is 156 cm³/mol. The van der Waals surface area contributed by atoms with Crippen molar-refractivity contribution in [3.8, 4) is 0 Å². The number of aryl methyl sites for hydroxylation is 2. The monoisotopic (exact) mass is 549 g/mol. The molecule has 0 radical (unpaired) electrons. The fourth-order valence-electron chi connectivity index (χ4n) is 4.24. The van der Waals surface area contributed by atoms with Gasteiger partial charge in [-0.1, -0.05) is 67.9 Å². The number of unbranched alkanes of at least 4 members (excludes halogenated alkanes) is 1. The summed E-state index contributed by atoms with van der Waals surface area (Å²) < 4.78 is 28.8. The largest absolute Gasteiger partial charge is 0.354 e. The summed E-state index contributed by atoms with van der Waals surface area (Å²) in [6.07, 6.45) is 2.31. The first-order chi connectivity index (χ1) is 18.6. The number of carbonyl (C=O) groups excluding carboxylic acids is 2. The number of anilines is 1. The van der Waals surface area contributed by atoms with Gasteiger partial charge in [0.15, 0.2) is 0 Å². The van der Waals surface area contributed by atoms with Crippen LogP contribution in [0.5, 0.6) is 0 Å². The number of sulfonamides is 1. The molecule has 0 fully saturated rings. The number of nitrogens with one attached hydrogen (secondary N) is 1. The number of rotatable bonds is 13. The maximum Gasteiger partial charge on any atom is 0.264 e. The summed E-state index contributed by atoms with van der Waals surface area (Å²) in [5.74, 6) is -0.699. The molecular formula is C31H39N3O4S. The Morgan fingerprint density at radius 1 is 0.897 bits per heavy atom. The van der Waals surface area contributed by atoms with Gasteiger partial charge in [-0.05, 0) is 74.6 Å². The van der Waals surface area contributed by atoms with Crippen molar-refractivity contribution < 1.29 is 18.0 Å². The molecule has 0 saturated heterocycles. The minimum Gasteiger partial charge on any atom is -0.354 e. The summed E-state index contributed by atoms with van der Waals surface area (Å²) in [7, 11) is -4.06. The van der Waals surface area contributed by atoms with Gasteiger partial charge in [0.2, 0.25) is 11.8 Å². The van der Waals surface area contributed by atoms with Crippen LogP contribution < -0.4 is 9.62 Å². The Bertz CT molecular complexity index is 1340. The van der Waals surface area contributed by atoms with Crippen molar-refractivity contribution in [3.05, 3.63) is 95.6 Å². The molecule has 0 heterocycles. The first kappa shape index (κ1) is 29.9. The number of carbonyl (C=O) groups is 2. The third-order valence-corrected chi connectivity index (χ3v) is 8.66. The Morgan fingerprint density at radius 2 is 1.54 bits per heavy atom. The van der Waals surface area contributed by atoms with Crippen LogP contribution in [0, 0.1) is 13.8 Å². The van der Waals surface area contributed by atoms with Gasteiger partial charge < -0.3 is 10.2 Å². The molecule has 208 valence electrons. The minimum absolute atomic E-state index is 0.0946. The van der Waals surface area contributed by atoms with Gasteiger partial charge >= 0.3 is 0 Å². The van der Waals surface area contributed by atoms with Gasteiger partial charge in [0.25, 0.3) is 10.0 Å². The molecule has 1 atom stereocenters. The summed E-state index contributed by atoms with van der Waals surface area (Å²) in [6.45, 7) is 7.96. The zero-order valence-electron chi connectivity index (χ0n) is 23.3. The molecule has 1 N–H and O–H groups in total. The zero-order chi connectivity index (χ0) is 28.4. The van der Waals surface area contributed by atoms with Gasteiger partial charge in [-0.3, -0.25) is 13.9 Å². The average Bonchev–Trinajstić information content (AvgIpc) is 2.94. The van der Waals surface area contributed by atoms with E-state index in [1.165, 1.54) is 17.0 Å². The van der Waals surface area contributed by atoms with Crippen molar-refractivity contribution in [1.29, 1.82) is 0 Å². The Hall–Kier alpha value is -3.65. The molecule has 3 rings (SSSR count). The van der Waals surface area contributed by atoms with Crippen LogP contribution in [0.2, 0.25) is 0 Å². The third-order valence-electron chi connectivity index (χ3n) is 6.87. The van der Waals surface area contributed by atoms with Crippen LogP contribution in [0.15, 0.2) is 83.8 Å². The lowest BCUT2D eigenvalue weighted by Gasteiger charge is -2.32. The summed E-state index contributed by atoms with van der Waals surface area (Å²) in [4.78, 5) is 28.5. The van der Waals surface area contributed by atoms with Gasteiger partial charge in [0.05, 0.1) is 10.6 Å². The first-order valence-electron chi connectivity index (χ1n) is 13.4. The van der Waals surface area contributed by atoms with Crippen LogP contribution in [0.4, 0.5) is 5.69 Å². The van der Waals surface area contributed by atoms with Gasteiger partial charge in [-0.2, -0.15) is 0 Å². The lowest BCUT2D eigenvalue weighted by molar-refractivity contribution is -0.138. The number of benzene rings is 3. The maximum atomic E-state index is 13.9. The van der Waals surface area contributed by atoms with Gasteiger partial charge in [-0.25, -0.2) is 8.42 Å². The summed E-state index contributed by atoms with van der Waals surface area (Å²) in [5, 5.41) is 2.91. The molecule has 0 aliphatic heterocycles. The lowest BCUT2D eigenvalue weighted by atomic mass is 10.1. The second-order valence-electron chi connectivity index (χ2n) is 9.74. The SMILES string of the molecule is CCCCNC(=O)[C@H](C)N(CCc1ccccc1)C(=O)CN(c1ccc(C)c(C)c1)S(=O)(=O)c1ccccc1. The Morgan fingerprint density at radius 3 is 2.15 bits per heavy atom. The van der Waals surface area contributed by atoms with E-state index in [4.69, 9.17) is 0 Å². The van der Waals surface area contributed by atoms with E-state index in [1.54, 1.807) is 37.3 Å². The molecule has 0 spiro atoms. The number of amides is 2. The van der Waals surface area contributed by atoms with E-state index in [9.17, 15) is 18.0 Å². The van der Waals surface area contributed by atoms with E-state index >= 15 is 0 Å². The highest BCUT2D eigenvalue weighted by Crippen LogP contribution is 2.26. The minimum atomic E-state index is -4.06. The number of nitrogens with zero attached hydrogens (tertiary/aromatic N) is 2. The van der Waals surface area contributed by atoms with Crippen molar-refractivity contribution in [1.82, 2.24) is 10.2 Å². The van der Waals surface area contributed by atoms with Gasteiger partial charge in [0, 0.05) is 13.1 Å². The topological polar surface area (TPSA) is 86.8 Å². The normalized spacial score (nSPS) is 12.0. The molecule has 0 saturated carbocycles. The molecule has 0 unspecified atom stereocenters. The summed E-state index contributed by atoms with van der Waals surface area (Å²) in [5.41, 5.74) is 3.36. The third kappa shape index (κ3) is 7.93. The highest BCUT2D eigenvalue weighted by atomic mass is 32.2. The first-order valence-corrected chi connectivity index (χ1v) is 14.8. The smallest absolute Gasteiger partial charge is 0.264 e. The predicted octanol–water partition coefficient (Wildman–Crippen LogP) is 4.87. The average molecular weight is 550 g/mol. The number of hydrogen-bond donors (Lipinski definition) is 1. The Balaban J connectivity index is 1.96. The van der Waals surface area contributed by atoms with Crippen LogP contribution in [-0.4, -0.2) is 50.8 Å². The highest BCUT2D eigenvalue weighted by molar-refractivity contribution is 7.92. The van der Waals surface area contributed by atoms with Crippen molar-refractivity contribution in [2.75, 3.05) is 23.9 Å². The lowest BCUT2D eigenvalue weighted by Crippen LogP contribution is -2.52. The molecule has 0 aliphatic carbocycles. The highest BCUT2D eigenvalue weighted by Gasteiger charge is 2.32. The molecule has 0 aromatic heterocycles.